The van der Waals surface area contributed by atoms with Crippen molar-refractivity contribution in [2.24, 2.45) is 0 Å². The maximum absolute atomic E-state index is 14.5. The molecule has 44 heavy (non-hydrogen) atoms. The molecule has 7 nitrogen and oxygen atoms in total. The van der Waals surface area contributed by atoms with Gasteiger partial charge in [0.15, 0.2) is 0 Å². The van der Waals surface area contributed by atoms with Crippen molar-refractivity contribution in [3.63, 3.8) is 0 Å². The maximum atomic E-state index is 14.5. The Morgan fingerprint density at radius 3 is 2.09 bits per heavy atom. The van der Waals surface area contributed by atoms with Crippen LogP contribution in [-0.2, 0) is 32.6 Å². The third kappa shape index (κ3) is 8.35. The van der Waals surface area contributed by atoms with Crippen LogP contribution >= 0.6 is 0 Å². The number of nitrogens with one attached hydrogen (secondary N) is 1. The van der Waals surface area contributed by atoms with Gasteiger partial charge in [0, 0.05) is 19.5 Å². The number of hydrogen-bond acceptors (Lipinski definition) is 4. The summed E-state index contributed by atoms with van der Waals surface area (Å²) >= 11 is 0. The second-order valence-electron chi connectivity index (χ2n) is 11.0. The lowest BCUT2D eigenvalue weighted by Crippen LogP contribution is -2.53. The second-order valence-corrected chi connectivity index (χ2v) is 12.8. The summed E-state index contributed by atoms with van der Waals surface area (Å²) in [6.07, 6.45) is 2.01. The fraction of sp³-hybridized carbons (Fsp3) is 0.278. The summed E-state index contributed by atoms with van der Waals surface area (Å²) in [5.41, 5.74) is 3.90. The zero-order valence-corrected chi connectivity index (χ0v) is 26.5. The Balaban J connectivity index is 1.79. The van der Waals surface area contributed by atoms with Crippen molar-refractivity contribution in [3.05, 3.63) is 131 Å². The molecule has 0 saturated heterocycles. The summed E-state index contributed by atoms with van der Waals surface area (Å²) in [7, 11) is -4.12. The van der Waals surface area contributed by atoms with Gasteiger partial charge < -0.3 is 10.2 Å². The molecule has 0 fully saturated rings. The van der Waals surface area contributed by atoms with Gasteiger partial charge in [0.2, 0.25) is 11.8 Å². The van der Waals surface area contributed by atoms with Crippen LogP contribution in [0.2, 0.25) is 0 Å². The van der Waals surface area contributed by atoms with Crippen LogP contribution in [-0.4, -0.2) is 44.3 Å². The van der Waals surface area contributed by atoms with Crippen LogP contribution in [0.3, 0.4) is 0 Å². The highest BCUT2D eigenvalue weighted by Gasteiger charge is 2.35. The predicted molar refractivity (Wildman–Crippen MR) is 176 cm³/mol. The average Bonchev–Trinajstić information content (AvgIpc) is 3.03. The quantitative estimate of drug-likeness (QED) is 0.176. The number of hydrogen-bond donors (Lipinski definition) is 1. The first-order valence-electron chi connectivity index (χ1n) is 15.0. The zero-order valence-electron chi connectivity index (χ0n) is 25.6. The third-order valence-electron chi connectivity index (χ3n) is 7.53. The van der Waals surface area contributed by atoms with E-state index in [9.17, 15) is 18.0 Å². The SMILES string of the molecule is CCCCNC(=O)[C@H](Cc1ccccc1)N(Cc1cccc(C)c1)C(=O)CN(c1ccccc1C)S(=O)(=O)c1ccccc1. The molecule has 8 heteroatoms. The van der Waals surface area contributed by atoms with E-state index in [4.69, 9.17) is 0 Å². The average molecular weight is 612 g/mol. The lowest BCUT2D eigenvalue weighted by molar-refractivity contribution is -0.140. The number of carbonyl (C=O) groups is 2. The monoisotopic (exact) mass is 611 g/mol. The molecule has 0 bridgehead atoms. The molecule has 4 aromatic carbocycles. The van der Waals surface area contributed by atoms with Gasteiger partial charge in [0.1, 0.15) is 12.6 Å². The van der Waals surface area contributed by atoms with Gasteiger partial charge in [0.05, 0.1) is 10.6 Å². The molecule has 0 aliphatic heterocycles. The highest BCUT2D eigenvalue weighted by Crippen LogP contribution is 2.27. The molecule has 230 valence electrons. The predicted octanol–water partition coefficient (Wildman–Crippen LogP) is 6.06. The van der Waals surface area contributed by atoms with Crippen LogP contribution in [0.15, 0.2) is 114 Å². The Morgan fingerprint density at radius 1 is 0.795 bits per heavy atom. The van der Waals surface area contributed by atoms with Crippen molar-refractivity contribution in [2.75, 3.05) is 17.4 Å². The number of rotatable bonds is 14. The van der Waals surface area contributed by atoms with Gasteiger partial charge in [0.25, 0.3) is 10.0 Å². The van der Waals surface area contributed by atoms with Crippen LogP contribution in [0.25, 0.3) is 0 Å². The maximum Gasteiger partial charge on any atom is 0.264 e. The van der Waals surface area contributed by atoms with E-state index in [0.29, 0.717) is 17.8 Å². The van der Waals surface area contributed by atoms with E-state index < -0.39 is 28.5 Å². The van der Waals surface area contributed by atoms with Gasteiger partial charge in [-0.15, -0.1) is 0 Å². The summed E-state index contributed by atoms with van der Waals surface area (Å²) in [5, 5.41) is 3.02. The van der Waals surface area contributed by atoms with Crippen LogP contribution in [0, 0.1) is 13.8 Å². The van der Waals surface area contributed by atoms with Gasteiger partial charge >= 0.3 is 0 Å². The van der Waals surface area contributed by atoms with Gasteiger partial charge in [-0.05, 0) is 55.2 Å². The summed E-state index contributed by atoms with van der Waals surface area (Å²) in [6, 6.07) is 31.7. The summed E-state index contributed by atoms with van der Waals surface area (Å²) in [6.45, 7) is 6.01. The van der Waals surface area contributed by atoms with Crippen LogP contribution in [0.5, 0.6) is 0 Å². The van der Waals surface area contributed by atoms with E-state index in [-0.39, 0.29) is 23.8 Å². The first-order valence-corrected chi connectivity index (χ1v) is 16.4. The standard InChI is InChI=1S/C36H41N3O4S/c1-4-5-23-37-36(41)34(25-30-17-8-6-9-18-30)38(26-31-19-14-15-28(2)24-31)35(40)27-39(33-22-13-12-16-29(33)3)44(42,43)32-20-10-7-11-21-32/h6-22,24,34H,4-5,23,25-27H2,1-3H3,(H,37,41)/t34-/m0/s1. The zero-order chi connectivity index (χ0) is 31.5. The lowest BCUT2D eigenvalue weighted by Gasteiger charge is -2.34. The van der Waals surface area contributed by atoms with E-state index in [1.165, 1.54) is 17.0 Å². The topological polar surface area (TPSA) is 86.8 Å². The third-order valence-corrected chi connectivity index (χ3v) is 9.30. The minimum atomic E-state index is -4.12. The van der Waals surface area contributed by atoms with Gasteiger partial charge in [-0.2, -0.15) is 0 Å². The fourth-order valence-corrected chi connectivity index (χ4v) is 6.64. The van der Waals surface area contributed by atoms with E-state index in [1.54, 1.807) is 30.3 Å². The second kappa shape index (κ2) is 15.3. The summed E-state index contributed by atoms with van der Waals surface area (Å²) in [5.74, 6) is -0.738. The van der Waals surface area contributed by atoms with Crippen LogP contribution in [0.1, 0.15) is 42.0 Å². The highest BCUT2D eigenvalue weighted by atomic mass is 32.2. The molecule has 0 heterocycles. The minimum absolute atomic E-state index is 0.0828. The van der Waals surface area contributed by atoms with E-state index >= 15 is 0 Å². The number of benzene rings is 4. The Labute approximate surface area is 261 Å². The number of unbranched alkanes of at least 4 members (excludes halogenated alkanes) is 1. The smallest absolute Gasteiger partial charge is 0.264 e. The fourth-order valence-electron chi connectivity index (χ4n) is 5.14. The Kier molecular flexibility index (Phi) is 11.3. The van der Waals surface area contributed by atoms with Crippen molar-refractivity contribution < 1.29 is 18.0 Å². The molecule has 0 aliphatic carbocycles. The summed E-state index contributed by atoms with van der Waals surface area (Å²) in [4.78, 5) is 29.9. The number of sulfonamides is 1. The first-order chi connectivity index (χ1) is 21.2. The van der Waals surface area contributed by atoms with E-state index in [2.05, 4.69) is 12.2 Å². The molecule has 0 unspecified atom stereocenters. The molecule has 0 aromatic heterocycles. The molecule has 0 spiro atoms. The molecular weight excluding hydrogens is 570 g/mol. The largest absolute Gasteiger partial charge is 0.354 e. The molecule has 0 aliphatic rings. The van der Waals surface area contributed by atoms with E-state index in [0.717, 1.165) is 33.8 Å². The Hall–Kier alpha value is -4.43. The molecule has 1 N–H and O–H groups in total. The van der Waals surface area contributed by atoms with Crippen LogP contribution in [0.4, 0.5) is 5.69 Å². The molecule has 4 aromatic rings. The number of aryl methyl sites for hydroxylation is 2. The molecular formula is C36H41N3O4S. The Morgan fingerprint density at radius 2 is 1.43 bits per heavy atom. The number of amides is 2. The van der Waals surface area contributed by atoms with E-state index in [1.807, 2.05) is 80.6 Å². The molecule has 2 amide bonds. The van der Waals surface area contributed by atoms with Gasteiger partial charge in [-0.1, -0.05) is 110 Å². The molecule has 4 rings (SSSR count). The molecule has 1 atom stereocenters. The van der Waals surface area contributed by atoms with Crippen molar-refractivity contribution in [1.82, 2.24) is 10.2 Å². The minimum Gasteiger partial charge on any atom is -0.354 e. The van der Waals surface area contributed by atoms with Crippen molar-refractivity contribution in [3.8, 4) is 0 Å². The number of anilines is 1. The summed E-state index contributed by atoms with van der Waals surface area (Å²) < 4.78 is 29.3. The van der Waals surface area contributed by atoms with Crippen molar-refractivity contribution >= 4 is 27.5 Å². The van der Waals surface area contributed by atoms with Crippen molar-refractivity contribution in [1.29, 1.82) is 0 Å². The highest BCUT2D eigenvalue weighted by molar-refractivity contribution is 7.92. The molecule has 0 saturated carbocycles. The van der Waals surface area contributed by atoms with Crippen LogP contribution < -0.4 is 9.62 Å². The normalized spacial score (nSPS) is 11.9. The number of carbonyl (C=O) groups excluding carboxylic acids is 2. The number of nitrogens with zero attached hydrogens (tertiary/aromatic N) is 2. The first kappa shape index (κ1) is 32.5. The molecule has 0 radical (unpaired) electrons. The van der Waals surface area contributed by atoms with Gasteiger partial charge in [-0.25, -0.2) is 8.42 Å². The number of para-hydroxylation sites is 1. The van der Waals surface area contributed by atoms with Crippen molar-refractivity contribution in [2.45, 2.75) is 57.5 Å². The Bertz CT molecular complexity index is 1640. The van der Waals surface area contributed by atoms with Gasteiger partial charge in [-0.3, -0.25) is 13.9 Å². The lowest BCUT2D eigenvalue weighted by atomic mass is 10.0.